The molecule has 19 heavy (non-hydrogen) atoms. The monoisotopic (exact) mass is 261 g/mol. The van der Waals surface area contributed by atoms with Crippen molar-refractivity contribution in [1.29, 1.82) is 0 Å². The molecule has 100 valence electrons. The van der Waals surface area contributed by atoms with E-state index < -0.39 is 5.82 Å². The van der Waals surface area contributed by atoms with E-state index in [0.717, 1.165) is 31.6 Å². The summed E-state index contributed by atoms with van der Waals surface area (Å²) in [4.78, 5) is 10.1. The first-order chi connectivity index (χ1) is 9.22. The summed E-state index contributed by atoms with van der Waals surface area (Å²) >= 11 is 0. The smallest absolute Gasteiger partial charge is 0.225 e. The van der Waals surface area contributed by atoms with E-state index in [-0.39, 0.29) is 0 Å². The molecule has 0 spiro atoms. The number of piperidine rings is 1. The topological polar surface area (TPSA) is 46.8 Å². The molecule has 0 aromatic carbocycles. The highest BCUT2D eigenvalue weighted by atomic mass is 19.1. The van der Waals surface area contributed by atoms with Crippen molar-refractivity contribution in [3.05, 3.63) is 36.2 Å². The molecule has 3 heterocycles. The van der Waals surface area contributed by atoms with Crippen molar-refractivity contribution in [2.45, 2.75) is 18.8 Å². The Labute approximate surface area is 111 Å². The maximum atomic E-state index is 12.8. The minimum absolute atomic E-state index is 0.396. The number of aromatic nitrogens is 4. The lowest BCUT2D eigenvalue weighted by Crippen LogP contribution is -2.34. The molecule has 5 nitrogen and oxygen atoms in total. The van der Waals surface area contributed by atoms with E-state index >= 15 is 0 Å². The van der Waals surface area contributed by atoms with Crippen molar-refractivity contribution in [3.63, 3.8) is 0 Å². The quantitative estimate of drug-likeness (QED) is 0.826. The van der Waals surface area contributed by atoms with E-state index in [1.165, 1.54) is 12.4 Å². The highest BCUT2D eigenvalue weighted by molar-refractivity contribution is 5.30. The molecule has 2 aromatic heterocycles. The lowest BCUT2D eigenvalue weighted by Gasteiger charge is -2.31. The van der Waals surface area contributed by atoms with E-state index in [1.54, 1.807) is 0 Å². The van der Waals surface area contributed by atoms with Crippen LogP contribution in [0.3, 0.4) is 0 Å². The normalized spacial score (nSPS) is 16.8. The summed E-state index contributed by atoms with van der Waals surface area (Å²) in [6.45, 7) is 1.76. The van der Waals surface area contributed by atoms with Crippen LogP contribution in [0.1, 0.15) is 24.5 Å². The summed E-state index contributed by atoms with van der Waals surface area (Å²) < 4.78 is 14.6. The second kappa shape index (κ2) is 4.95. The lowest BCUT2D eigenvalue weighted by molar-refractivity contribution is 0.485. The van der Waals surface area contributed by atoms with Gasteiger partial charge in [-0.05, 0) is 18.9 Å². The van der Waals surface area contributed by atoms with E-state index in [0.29, 0.717) is 11.9 Å². The third kappa shape index (κ3) is 2.57. The molecule has 0 atom stereocenters. The fourth-order valence-corrected chi connectivity index (χ4v) is 2.49. The minimum Gasteiger partial charge on any atom is -0.341 e. The van der Waals surface area contributed by atoms with Crippen molar-refractivity contribution < 1.29 is 4.39 Å². The Kier molecular flexibility index (Phi) is 3.15. The Morgan fingerprint density at radius 2 is 1.89 bits per heavy atom. The average Bonchev–Trinajstić information content (AvgIpc) is 2.87. The molecule has 0 bridgehead atoms. The summed E-state index contributed by atoms with van der Waals surface area (Å²) in [5.41, 5.74) is 1.15. The van der Waals surface area contributed by atoms with Gasteiger partial charge in [-0.2, -0.15) is 5.10 Å². The molecular formula is C13H16FN5. The first kappa shape index (κ1) is 12.1. The molecule has 1 aliphatic rings. The summed E-state index contributed by atoms with van der Waals surface area (Å²) in [5, 5.41) is 4.46. The van der Waals surface area contributed by atoms with E-state index in [4.69, 9.17) is 0 Å². The number of halogens is 1. The lowest BCUT2D eigenvalue weighted by atomic mass is 9.94. The van der Waals surface area contributed by atoms with Crippen molar-refractivity contribution in [2.75, 3.05) is 18.0 Å². The van der Waals surface area contributed by atoms with Crippen molar-refractivity contribution in [3.8, 4) is 0 Å². The second-order valence-electron chi connectivity index (χ2n) is 4.88. The van der Waals surface area contributed by atoms with E-state index in [9.17, 15) is 4.39 Å². The Hall–Kier alpha value is -1.98. The first-order valence-corrected chi connectivity index (χ1v) is 6.44. The number of hydrogen-bond donors (Lipinski definition) is 0. The van der Waals surface area contributed by atoms with Gasteiger partial charge < -0.3 is 4.90 Å². The van der Waals surface area contributed by atoms with Crippen LogP contribution in [0.15, 0.2) is 24.7 Å². The van der Waals surface area contributed by atoms with E-state index in [1.807, 2.05) is 17.9 Å². The molecule has 0 aliphatic carbocycles. The predicted octanol–water partition coefficient (Wildman–Crippen LogP) is 1.73. The van der Waals surface area contributed by atoms with Crippen LogP contribution in [0.4, 0.5) is 10.3 Å². The van der Waals surface area contributed by atoms with Gasteiger partial charge in [-0.15, -0.1) is 0 Å². The molecule has 2 aromatic rings. The van der Waals surface area contributed by atoms with Crippen LogP contribution in [0.5, 0.6) is 0 Å². The first-order valence-electron chi connectivity index (χ1n) is 6.44. The van der Waals surface area contributed by atoms with Gasteiger partial charge in [-0.3, -0.25) is 4.68 Å². The molecule has 0 amide bonds. The SMILES string of the molecule is Cn1ccc(C2CCN(c3ncc(F)cn3)CC2)n1. The predicted molar refractivity (Wildman–Crippen MR) is 69.4 cm³/mol. The van der Waals surface area contributed by atoms with Gasteiger partial charge >= 0.3 is 0 Å². The average molecular weight is 261 g/mol. The van der Waals surface area contributed by atoms with Gasteiger partial charge in [0.1, 0.15) is 0 Å². The Balaban J connectivity index is 1.64. The molecule has 0 unspecified atom stereocenters. The number of rotatable bonds is 2. The summed E-state index contributed by atoms with van der Waals surface area (Å²) in [5.74, 6) is 0.714. The van der Waals surface area contributed by atoms with Gasteiger partial charge in [-0.1, -0.05) is 0 Å². The zero-order chi connectivity index (χ0) is 13.2. The van der Waals surface area contributed by atoms with Crippen molar-refractivity contribution in [2.24, 2.45) is 7.05 Å². The Morgan fingerprint density at radius 1 is 1.21 bits per heavy atom. The van der Waals surface area contributed by atoms with Crippen molar-refractivity contribution in [1.82, 2.24) is 19.7 Å². The van der Waals surface area contributed by atoms with Crippen LogP contribution in [-0.4, -0.2) is 32.8 Å². The molecule has 1 aliphatic heterocycles. The number of aryl methyl sites for hydroxylation is 1. The van der Waals surface area contributed by atoms with Gasteiger partial charge in [0.05, 0.1) is 18.1 Å². The highest BCUT2D eigenvalue weighted by Gasteiger charge is 2.23. The zero-order valence-electron chi connectivity index (χ0n) is 10.8. The van der Waals surface area contributed by atoms with Gasteiger partial charge in [0.2, 0.25) is 5.95 Å². The number of nitrogens with zero attached hydrogens (tertiary/aromatic N) is 5. The van der Waals surface area contributed by atoms with E-state index in [2.05, 4.69) is 26.0 Å². The fourth-order valence-electron chi connectivity index (χ4n) is 2.49. The summed E-state index contributed by atoms with van der Waals surface area (Å²) in [6, 6.07) is 2.08. The minimum atomic E-state index is -0.396. The zero-order valence-corrected chi connectivity index (χ0v) is 10.8. The standard InChI is InChI=1S/C13H16FN5/c1-18-5-4-12(17-18)10-2-6-19(7-3-10)13-15-8-11(14)9-16-13/h4-5,8-10H,2-3,6-7H2,1H3. The number of hydrogen-bond acceptors (Lipinski definition) is 4. The van der Waals surface area contributed by atoms with Crippen LogP contribution in [0.2, 0.25) is 0 Å². The van der Waals surface area contributed by atoms with Crippen LogP contribution in [-0.2, 0) is 7.05 Å². The van der Waals surface area contributed by atoms with Gasteiger partial charge in [0.25, 0.3) is 0 Å². The molecule has 3 rings (SSSR count). The van der Waals surface area contributed by atoms with Gasteiger partial charge in [-0.25, -0.2) is 14.4 Å². The molecular weight excluding hydrogens is 245 g/mol. The van der Waals surface area contributed by atoms with Crippen LogP contribution < -0.4 is 4.90 Å². The Morgan fingerprint density at radius 3 is 2.47 bits per heavy atom. The van der Waals surface area contributed by atoms with Gasteiger partial charge in [0, 0.05) is 32.3 Å². The van der Waals surface area contributed by atoms with Crippen LogP contribution in [0.25, 0.3) is 0 Å². The van der Waals surface area contributed by atoms with Crippen LogP contribution >= 0.6 is 0 Å². The van der Waals surface area contributed by atoms with Crippen LogP contribution in [0, 0.1) is 5.82 Å². The van der Waals surface area contributed by atoms with Crippen molar-refractivity contribution >= 4 is 5.95 Å². The summed E-state index contributed by atoms with van der Waals surface area (Å²) in [7, 11) is 1.94. The largest absolute Gasteiger partial charge is 0.341 e. The highest BCUT2D eigenvalue weighted by Crippen LogP contribution is 2.27. The molecule has 0 radical (unpaired) electrons. The maximum Gasteiger partial charge on any atom is 0.225 e. The Bertz CT molecular complexity index is 542. The third-order valence-electron chi connectivity index (χ3n) is 3.54. The molecule has 1 fully saturated rings. The molecule has 6 heteroatoms. The second-order valence-corrected chi connectivity index (χ2v) is 4.88. The fraction of sp³-hybridized carbons (Fsp3) is 0.462. The maximum absolute atomic E-state index is 12.8. The summed E-state index contributed by atoms with van der Waals surface area (Å²) in [6.07, 6.45) is 6.46. The molecule has 0 saturated carbocycles. The number of anilines is 1. The molecule has 1 saturated heterocycles. The molecule has 0 N–H and O–H groups in total. The third-order valence-corrected chi connectivity index (χ3v) is 3.54. The van der Waals surface area contributed by atoms with Gasteiger partial charge in [0.15, 0.2) is 5.82 Å².